The van der Waals surface area contributed by atoms with Crippen molar-refractivity contribution in [2.75, 3.05) is 13.0 Å². The van der Waals surface area contributed by atoms with Crippen LogP contribution in [0.1, 0.15) is 25.0 Å². The highest BCUT2D eigenvalue weighted by Gasteiger charge is 2.29. The van der Waals surface area contributed by atoms with Crippen LogP contribution >= 0.6 is 7.92 Å². The van der Waals surface area contributed by atoms with Gasteiger partial charge in [0.05, 0.1) is 0 Å². The fraction of sp³-hybridized carbons (Fsp3) is 0.300. The molecule has 1 rings (SSSR count). The molecule has 136 valence electrons. The van der Waals surface area contributed by atoms with Crippen molar-refractivity contribution < 1.29 is 13.2 Å². The van der Waals surface area contributed by atoms with E-state index in [1.807, 2.05) is 12.7 Å². The zero-order chi connectivity index (χ0) is 19.2. The quantitative estimate of drug-likeness (QED) is 0.412. The van der Waals surface area contributed by atoms with E-state index in [0.717, 1.165) is 18.9 Å². The van der Waals surface area contributed by atoms with Crippen molar-refractivity contribution in [2.45, 2.75) is 26.7 Å². The minimum absolute atomic E-state index is 0.184. The summed E-state index contributed by atoms with van der Waals surface area (Å²) in [5, 5.41) is 3.19. The molecule has 0 aliphatic heterocycles. The highest BCUT2D eigenvalue weighted by atomic mass is 31.1. The van der Waals surface area contributed by atoms with Gasteiger partial charge in [0.25, 0.3) is 5.92 Å². The summed E-state index contributed by atoms with van der Waals surface area (Å²) in [6.45, 7) is 13.8. The van der Waals surface area contributed by atoms with Crippen molar-refractivity contribution >= 4 is 13.5 Å². The lowest BCUT2D eigenvalue weighted by Crippen LogP contribution is -2.15. The van der Waals surface area contributed by atoms with Gasteiger partial charge in [-0.1, -0.05) is 39.0 Å². The van der Waals surface area contributed by atoms with Crippen LogP contribution in [0.3, 0.4) is 0 Å². The lowest BCUT2D eigenvalue weighted by molar-refractivity contribution is 0.0689. The number of allylic oxidation sites excluding steroid dienone is 5. The summed E-state index contributed by atoms with van der Waals surface area (Å²) in [7, 11) is -0.325. The molecule has 0 amide bonds. The van der Waals surface area contributed by atoms with Gasteiger partial charge in [-0.15, -0.1) is 0 Å². The smallest absolute Gasteiger partial charge is 0.271 e. The van der Waals surface area contributed by atoms with Crippen molar-refractivity contribution in [3.05, 3.63) is 77.5 Å². The van der Waals surface area contributed by atoms with Gasteiger partial charge >= 0.3 is 0 Å². The summed E-state index contributed by atoms with van der Waals surface area (Å²) >= 11 is 0. The van der Waals surface area contributed by atoms with E-state index in [9.17, 15) is 13.2 Å². The summed E-state index contributed by atoms with van der Waals surface area (Å²) in [6.07, 6.45) is 3.72. The maximum absolute atomic E-state index is 14.1. The largest absolute Gasteiger partial charge is 0.384 e. The van der Waals surface area contributed by atoms with Gasteiger partial charge in [-0.3, -0.25) is 0 Å². The molecule has 1 aromatic carbocycles. The van der Waals surface area contributed by atoms with Crippen molar-refractivity contribution in [1.82, 2.24) is 5.32 Å². The summed E-state index contributed by atoms with van der Waals surface area (Å²) in [4.78, 5) is 0. The number of hydrogen-bond acceptors (Lipinski definition) is 1. The molecular weight excluding hydrogens is 342 g/mol. The van der Waals surface area contributed by atoms with E-state index in [0.29, 0.717) is 11.1 Å². The number of rotatable bonds is 8. The fourth-order valence-electron chi connectivity index (χ4n) is 2.08. The predicted molar refractivity (Wildman–Crippen MR) is 104 cm³/mol. The molecule has 1 aromatic rings. The number of benzene rings is 1. The Morgan fingerprint density at radius 2 is 1.96 bits per heavy atom. The molecule has 0 saturated heterocycles. The van der Waals surface area contributed by atoms with Gasteiger partial charge in [0.2, 0.25) is 0 Å². The Labute approximate surface area is 149 Å². The van der Waals surface area contributed by atoms with Gasteiger partial charge < -0.3 is 5.32 Å². The Balaban J connectivity index is 3.10. The molecular formula is C20H25F3NP. The van der Waals surface area contributed by atoms with E-state index in [1.165, 1.54) is 24.3 Å². The number of alkyl halides is 2. The standard InChI is InChI=1S/C20H25F3NP/c1-7-25(6)13-24-15(3)8-10-18(20(5,22)23)16(4)17-9-11-19(21)14(2)12-17/h7-12,24H,1,4,13H2,2-3,5-6H3/b15-8+,18-10+. The third kappa shape index (κ3) is 6.55. The van der Waals surface area contributed by atoms with Crippen LogP contribution in [0.4, 0.5) is 13.2 Å². The molecule has 1 N–H and O–H groups in total. The zero-order valence-electron chi connectivity index (χ0n) is 15.2. The highest BCUT2D eigenvalue weighted by molar-refractivity contribution is 7.59. The van der Waals surface area contributed by atoms with E-state index in [-0.39, 0.29) is 24.9 Å². The molecule has 0 aliphatic rings. The molecule has 0 aromatic heterocycles. The second-order valence-electron chi connectivity index (χ2n) is 6.04. The van der Waals surface area contributed by atoms with Crippen LogP contribution in [0.15, 0.2) is 60.6 Å². The average Bonchev–Trinajstić information content (AvgIpc) is 2.53. The highest BCUT2D eigenvalue weighted by Crippen LogP contribution is 2.35. The molecule has 5 heteroatoms. The maximum Gasteiger partial charge on any atom is 0.271 e. The summed E-state index contributed by atoms with van der Waals surface area (Å²) in [5.41, 5.74) is 1.65. The Bertz CT molecular complexity index is 699. The van der Waals surface area contributed by atoms with Crippen molar-refractivity contribution in [2.24, 2.45) is 0 Å². The SMILES string of the molecule is C=CP(C)CN/C(C)=C/C=C(\C(=C)c1ccc(F)c(C)c1)C(C)(F)F. The maximum atomic E-state index is 14.1. The molecule has 0 fully saturated rings. The van der Waals surface area contributed by atoms with Crippen LogP contribution in [-0.4, -0.2) is 18.9 Å². The van der Waals surface area contributed by atoms with Crippen LogP contribution in [0.2, 0.25) is 0 Å². The van der Waals surface area contributed by atoms with Gasteiger partial charge in [-0.05, 0) is 55.4 Å². The van der Waals surface area contributed by atoms with Crippen molar-refractivity contribution in [3.8, 4) is 0 Å². The van der Waals surface area contributed by atoms with Crippen LogP contribution in [0, 0.1) is 12.7 Å². The topological polar surface area (TPSA) is 12.0 Å². The van der Waals surface area contributed by atoms with Crippen molar-refractivity contribution in [3.63, 3.8) is 0 Å². The molecule has 1 unspecified atom stereocenters. The first kappa shape index (κ1) is 21.2. The van der Waals surface area contributed by atoms with E-state index in [2.05, 4.69) is 25.1 Å². The minimum Gasteiger partial charge on any atom is -0.384 e. The normalized spacial score (nSPS) is 14.2. The minimum atomic E-state index is -3.06. The predicted octanol–water partition coefficient (Wildman–Crippen LogP) is 6.44. The molecule has 0 heterocycles. The molecule has 0 radical (unpaired) electrons. The van der Waals surface area contributed by atoms with Crippen LogP contribution < -0.4 is 5.32 Å². The zero-order valence-corrected chi connectivity index (χ0v) is 16.1. The van der Waals surface area contributed by atoms with E-state index in [4.69, 9.17) is 0 Å². The average molecular weight is 367 g/mol. The monoisotopic (exact) mass is 367 g/mol. The van der Waals surface area contributed by atoms with Gasteiger partial charge in [0.1, 0.15) is 5.82 Å². The first-order valence-corrected chi connectivity index (χ1v) is 9.90. The summed E-state index contributed by atoms with van der Waals surface area (Å²) < 4.78 is 41.5. The number of halogens is 3. The molecule has 25 heavy (non-hydrogen) atoms. The first-order valence-electron chi connectivity index (χ1n) is 7.85. The molecule has 0 spiro atoms. The molecule has 1 nitrogen and oxygen atoms in total. The van der Waals surface area contributed by atoms with Gasteiger partial charge in [0.15, 0.2) is 0 Å². The van der Waals surface area contributed by atoms with Crippen LogP contribution in [-0.2, 0) is 0 Å². The lowest BCUT2D eigenvalue weighted by atomic mass is 9.94. The molecule has 1 atom stereocenters. The first-order chi connectivity index (χ1) is 11.6. The second-order valence-corrected chi connectivity index (χ2v) is 8.23. The lowest BCUT2D eigenvalue weighted by Gasteiger charge is -2.18. The van der Waals surface area contributed by atoms with Gasteiger partial charge in [-0.25, -0.2) is 13.2 Å². The Hall–Kier alpha value is -1.80. The molecule has 0 bridgehead atoms. The van der Waals surface area contributed by atoms with Gasteiger partial charge in [0, 0.05) is 24.5 Å². The third-order valence-electron chi connectivity index (χ3n) is 3.72. The number of nitrogens with one attached hydrogen (secondary N) is 1. The van der Waals surface area contributed by atoms with Crippen LogP contribution in [0.25, 0.3) is 5.57 Å². The van der Waals surface area contributed by atoms with Gasteiger partial charge in [-0.2, -0.15) is 0 Å². The number of hydrogen-bond donors (Lipinski definition) is 1. The number of aryl methyl sites for hydroxylation is 1. The van der Waals surface area contributed by atoms with E-state index in [1.54, 1.807) is 13.0 Å². The van der Waals surface area contributed by atoms with Crippen molar-refractivity contribution in [1.29, 1.82) is 0 Å². The van der Waals surface area contributed by atoms with E-state index < -0.39 is 5.92 Å². The Morgan fingerprint density at radius 1 is 1.32 bits per heavy atom. The van der Waals surface area contributed by atoms with Crippen LogP contribution in [0.5, 0.6) is 0 Å². The van der Waals surface area contributed by atoms with E-state index >= 15 is 0 Å². The second kappa shape index (κ2) is 9.05. The molecule has 0 saturated carbocycles. The fourth-order valence-corrected chi connectivity index (χ4v) is 2.71. The Morgan fingerprint density at radius 3 is 2.48 bits per heavy atom. The molecule has 0 aliphatic carbocycles. The Kier molecular flexibility index (Phi) is 7.69. The summed E-state index contributed by atoms with van der Waals surface area (Å²) in [6, 6.07) is 4.26. The summed E-state index contributed by atoms with van der Waals surface area (Å²) in [5.74, 6) is -1.55. The third-order valence-corrected chi connectivity index (χ3v) is 5.00.